The molecule has 1 aromatic carbocycles. The smallest absolute Gasteiger partial charge is 0.221 e. The van der Waals surface area contributed by atoms with Crippen molar-refractivity contribution in [2.75, 3.05) is 13.1 Å². The van der Waals surface area contributed by atoms with E-state index in [0.29, 0.717) is 12.5 Å². The van der Waals surface area contributed by atoms with Crippen molar-refractivity contribution in [3.8, 4) is 0 Å². The van der Waals surface area contributed by atoms with Crippen LogP contribution in [0.2, 0.25) is 0 Å². The molecule has 3 rings (SSSR count). The first-order chi connectivity index (χ1) is 10.3. The van der Waals surface area contributed by atoms with Crippen LogP contribution in [0.5, 0.6) is 0 Å². The van der Waals surface area contributed by atoms with Gasteiger partial charge in [-0.05, 0) is 43.3 Å². The van der Waals surface area contributed by atoms with Crippen LogP contribution in [0.15, 0.2) is 36.5 Å². The average molecular weight is 358 g/mol. The van der Waals surface area contributed by atoms with Gasteiger partial charge in [-0.25, -0.2) is 0 Å². The van der Waals surface area contributed by atoms with Crippen molar-refractivity contribution in [1.29, 1.82) is 0 Å². The third-order valence-electron chi connectivity index (χ3n) is 4.17. The second kappa shape index (κ2) is 9.81. The number of carbonyl (C=O) groups excluding carboxylic acids is 1. The lowest BCUT2D eigenvalue weighted by molar-refractivity contribution is -0.121. The number of fused-ring (bicyclic) bond motifs is 1. The number of para-hydroxylation sites is 1. The molecule has 2 N–H and O–H groups in total. The van der Waals surface area contributed by atoms with E-state index < -0.39 is 0 Å². The summed E-state index contributed by atoms with van der Waals surface area (Å²) in [6, 6.07) is 10.9. The van der Waals surface area contributed by atoms with E-state index in [0.717, 1.165) is 32.5 Å². The molecule has 4 nitrogen and oxygen atoms in total. The lowest BCUT2D eigenvalue weighted by Crippen LogP contribution is -2.32. The van der Waals surface area contributed by atoms with Gasteiger partial charge in [-0.2, -0.15) is 0 Å². The normalized spacial score (nSPS) is 16.6. The molecule has 1 aromatic heterocycles. The summed E-state index contributed by atoms with van der Waals surface area (Å²) in [4.78, 5) is 11.8. The van der Waals surface area contributed by atoms with E-state index in [1.54, 1.807) is 0 Å². The highest BCUT2D eigenvalue weighted by molar-refractivity contribution is 5.85. The van der Waals surface area contributed by atoms with Gasteiger partial charge < -0.3 is 15.2 Å². The van der Waals surface area contributed by atoms with Crippen molar-refractivity contribution < 1.29 is 4.79 Å². The molecule has 0 bridgehead atoms. The first-order valence-electron chi connectivity index (χ1n) is 7.87. The van der Waals surface area contributed by atoms with Crippen LogP contribution in [-0.2, 0) is 11.3 Å². The molecular weight excluding hydrogens is 333 g/mol. The highest BCUT2D eigenvalue weighted by Crippen LogP contribution is 2.15. The van der Waals surface area contributed by atoms with Crippen LogP contribution in [0.1, 0.15) is 25.7 Å². The maximum absolute atomic E-state index is 11.8. The number of aryl methyl sites for hydroxylation is 1. The van der Waals surface area contributed by atoms with Crippen LogP contribution < -0.4 is 10.6 Å². The van der Waals surface area contributed by atoms with Crippen LogP contribution in [0.4, 0.5) is 0 Å². The molecule has 1 fully saturated rings. The summed E-state index contributed by atoms with van der Waals surface area (Å²) in [6.45, 7) is 2.74. The van der Waals surface area contributed by atoms with Gasteiger partial charge in [0, 0.05) is 37.3 Å². The highest BCUT2D eigenvalue weighted by atomic mass is 35.5. The minimum atomic E-state index is 0. The van der Waals surface area contributed by atoms with E-state index >= 15 is 0 Å². The molecule has 1 aliphatic rings. The molecule has 1 aliphatic heterocycles. The Morgan fingerprint density at radius 3 is 2.87 bits per heavy atom. The number of halogens is 2. The lowest BCUT2D eigenvalue weighted by Gasteiger charge is -2.11. The molecular formula is C17H25Cl2N3O. The van der Waals surface area contributed by atoms with Crippen molar-refractivity contribution in [3.05, 3.63) is 36.5 Å². The van der Waals surface area contributed by atoms with E-state index in [1.165, 1.54) is 17.3 Å². The number of nitrogens with one attached hydrogen (secondary N) is 2. The van der Waals surface area contributed by atoms with Gasteiger partial charge in [0.1, 0.15) is 0 Å². The number of hydrogen-bond acceptors (Lipinski definition) is 2. The predicted molar refractivity (Wildman–Crippen MR) is 99.7 cm³/mol. The van der Waals surface area contributed by atoms with Gasteiger partial charge in [-0.1, -0.05) is 18.2 Å². The van der Waals surface area contributed by atoms with Crippen LogP contribution in [0.25, 0.3) is 10.9 Å². The van der Waals surface area contributed by atoms with E-state index in [1.807, 2.05) is 0 Å². The molecule has 0 spiro atoms. The molecule has 1 saturated heterocycles. The number of carbonyl (C=O) groups is 1. The molecule has 0 saturated carbocycles. The highest BCUT2D eigenvalue weighted by Gasteiger charge is 2.17. The van der Waals surface area contributed by atoms with Crippen molar-refractivity contribution in [2.45, 2.75) is 38.3 Å². The zero-order chi connectivity index (χ0) is 14.5. The van der Waals surface area contributed by atoms with Gasteiger partial charge in [0.2, 0.25) is 5.91 Å². The Balaban J connectivity index is 0.00000132. The number of nitrogens with zero attached hydrogens (tertiary/aromatic N) is 1. The van der Waals surface area contributed by atoms with Crippen molar-refractivity contribution in [3.63, 3.8) is 0 Å². The topological polar surface area (TPSA) is 46.1 Å². The third kappa shape index (κ3) is 5.41. The van der Waals surface area contributed by atoms with Gasteiger partial charge in [0.25, 0.3) is 0 Å². The van der Waals surface area contributed by atoms with Crippen LogP contribution >= 0.6 is 24.8 Å². The molecule has 0 radical (unpaired) electrons. The average Bonchev–Trinajstić information content (AvgIpc) is 3.13. The molecule has 2 heterocycles. The Kier molecular flexibility index (Phi) is 8.45. The zero-order valence-electron chi connectivity index (χ0n) is 13.2. The fourth-order valence-corrected chi connectivity index (χ4v) is 3.04. The number of aromatic nitrogens is 1. The summed E-state index contributed by atoms with van der Waals surface area (Å²) < 4.78 is 2.25. The van der Waals surface area contributed by atoms with Gasteiger partial charge in [-0.15, -0.1) is 24.8 Å². The Bertz CT molecular complexity index is 609. The minimum absolute atomic E-state index is 0. The third-order valence-corrected chi connectivity index (χ3v) is 4.17. The Morgan fingerprint density at radius 1 is 1.26 bits per heavy atom. The quantitative estimate of drug-likeness (QED) is 0.780. The fraction of sp³-hybridized carbons (Fsp3) is 0.471. The standard InChI is InChI=1S/C17H23N3O.2ClH/c21-17(13-15-6-3-9-18-15)19-10-4-11-20-12-8-14-5-1-2-7-16(14)20;;/h1-2,5,7-8,12,15,18H,3-4,6,9-11,13H2,(H,19,21);2*1H. The molecule has 0 aliphatic carbocycles. The molecule has 1 atom stereocenters. The molecule has 2 aromatic rings. The fourth-order valence-electron chi connectivity index (χ4n) is 3.04. The minimum Gasteiger partial charge on any atom is -0.356 e. The van der Waals surface area contributed by atoms with Gasteiger partial charge in [0.05, 0.1) is 0 Å². The maximum atomic E-state index is 11.8. The molecule has 23 heavy (non-hydrogen) atoms. The lowest BCUT2D eigenvalue weighted by atomic mass is 10.1. The summed E-state index contributed by atoms with van der Waals surface area (Å²) in [5.41, 5.74) is 1.26. The van der Waals surface area contributed by atoms with Crippen molar-refractivity contribution >= 4 is 41.6 Å². The monoisotopic (exact) mass is 357 g/mol. The van der Waals surface area contributed by atoms with Gasteiger partial charge in [0.15, 0.2) is 0 Å². The van der Waals surface area contributed by atoms with Gasteiger partial charge in [-0.3, -0.25) is 4.79 Å². The number of amides is 1. The van der Waals surface area contributed by atoms with E-state index in [2.05, 4.69) is 51.7 Å². The van der Waals surface area contributed by atoms with Gasteiger partial charge >= 0.3 is 0 Å². The first-order valence-corrected chi connectivity index (χ1v) is 7.87. The second-order valence-electron chi connectivity index (χ2n) is 5.77. The molecule has 6 heteroatoms. The second-order valence-corrected chi connectivity index (χ2v) is 5.77. The van der Waals surface area contributed by atoms with E-state index in [4.69, 9.17) is 0 Å². The predicted octanol–water partition coefficient (Wildman–Crippen LogP) is 3.13. The Labute approximate surface area is 149 Å². The maximum Gasteiger partial charge on any atom is 0.221 e. The first kappa shape index (κ1) is 19.8. The molecule has 1 unspecified atom stereocenters. The van der Waals surface area contributed by atoms with E-state index in [-0.39, 0.29) is 30.7 Å². The number of hydrogen-bond donors (Lipinski definition) is 2. The van der Waals surface area contributed by atoms with Crippen molar-refractivity contribution in [1.82, 2.24) is 15.2 Å². The SMILES string of the molecule is Cl.Cl.O=C(CC1CCCN1)NCCCn1ccc2ccccc21. The van der Waals surface area contributed by atoms with Crippen LogP contribution in [-0.4, -0.2) is 29.6 Å². The van der Waals surface area contributed by atoms with E-state index in [9.17, 15) is 4.79 Å². The summed E-state index contributed by atoms with van der Waals surface area (Å²) in [5, 5.41) is 7.66. The zero-order valence-corrected chi connectivity index (χ0v) is 14.8. The number of rotatable bonds is 6. The summed E-state index contributed by atoms with van der Waals surface area (Å²) in [6.07, 6.45) is 6.02. The Morgan fingerprint density at radius 2 is 2.09 bits per heavy atom. The van der Waals surface area contributed by atoms with Crippen LogP contribution in [0.3, 0.4) is 0 Å². The summed E-state index contributed by atoms with van der Waals surface area (Å²) in [5.74, 6) is 0.173. The summed E-state index contributed by atoms with van der Waals surface area (Å²) in [7, 11) is 0. The largest absolute Gasteiger partial charge is 0.356 e. The number of benzene rings is 1. The van der Waals surface area contributed by atoms with Crippen LogP contribution in [0, 0.1) is 0 Å². The summed E-state index contributed by atoms with van der Waals surface area (Å²) >= 11 is 0. The Hall–Kier alpha value is -1.23. The molecule has 1 amide bonds. The van der Waals surface area contributed by atoms with Crippen molar-refractivity contribution in [2.24, 2.45) is 0 Å². The molecule has 128 valence electrons.